The van der Waals surface area contributed by atoms with E-state index in [1.54, 1.807) is 13.8 Å². The third-order valence-electron chi connectivity index (χ3n) is 3.34. The van der Waals surface area contributed by atoms with E-state index in [9.17, 15) is 9.59 Å². The van der Waals surface area contributed by atoms with Crippen LogP contribution in [0, 0.1) is 11.8 Å². The van der Waals surface area contributed by atoms with Crippen LogP contribution in [-0.4, -0.2) is 18.4 Å². The molecule has 0 saturated heterocycles. The average Bonchev–Trinajstić information content (AvgIpc) is 2.24. The van der Waals surface area contributed by atoms with Gasteiger partial charge in [0.1, 0.15) is 5.78 Å². The molecule has 0 spiro atoms. The van der Waals surface area contributed by atoms with E-state index in [0.29, 0.717) is 6.61 Å². The zero-order chi connectivity index (χ0) is 13.0. The van der Waals surface area contributed by atoms with E-state index in [2.05, 4.69) is 6.58 Å². The fourth-order valence-electron chi connectivity index (χ4n) is 2.36. The monoisotopic (exact) mass is 236 g/mol. The zero-order valence-corrected chi connectivity index (χ0v) is 10.8. The number of rotatable bonds is 3. The first kappa shape index (κ1) is 13.7. The van der Waals surface area contributed by atoms with Crippen molar-refractivity contribution in [3.63, 3.8) is 0 Å². The Kier molecular flexibility index (Phi) is 4.67. The summed E-state index contributed by atoms with van der Waals surface area (Å²) in [6.45, 7) is 9.68. The second-order valence-corrected chi connectivity index (χ2v) is 4.50. The number of Topliss-reactive ketones (excluding diaryl/α,β-unsaturated/α-hetero) is 1. The van der Waals surface area contributed by atoms with Crippen molar-refractivity contribution in [1.29, 1.82) is 0 Å². The van der Waals surface area contributed by atoms with Crippen molar-refractivity contribution < 1.29 is 14.3 Å². The van der Waals surface area contributed by atoms with Gasteiger partial charge in [0.05, 0.1) is 6.61 Å². The van der Waals surface area contributed by atoms with Crippen molar-refractivity contribution >= 4 is 11.8 Å². The molecule has 2 atom stereocenters. The molecule has 0 N–H and O–H groups in total. The molecular weight excluding hydrogens is 216 g/mol. The highest BCUT2D eigenvalue weighted by molar-refractivity contribution is 5.85. The van der Waals surface area contributed by atoms with E-state index >= 15 is 0 Å². The predicted molar refractivity (Wildman–Crippen MR) is 66.4 cm³/mol. The van der Waals surface area contributed by atoms with Crippen molar-refractivity contribution in [3.05, 3.63) is 23.8 Å². The number of ether oxygens (including phenoxy) is 1. The fraction of sp³-hybridized carbons (Fsp3) is 0.571. The minimum Gasteiger partial charge on any atom is -0.463 e. The van der Waals surface area contributed by atoms with Gasteiger partial charge < -0.3 is 4.74 Å². The number of carbonyl (C=O) groups excluding carboxylic acids is 2. The second kappa shape index (κ2) is 5.80. The Morgan fingerprint density at radius 3 is 2.71 bits per heavy atom. The van der Waals surface area contributed by atoms with Crippen LogP contribution in [0.15, 0.2) is 23.8 Å². The summed E-state index contributed by atoms with van der Waals surface area (Å²) in [7, 11) is 0. The summed E-state index contributed by atoms with van der Waals surface area (Å²) in [5.41, 5.74) is 1.82. The molecule has 1 fully saturated rings. The molecule has 1 aliphatic carbocycles. The van der Waals surface area contributed by atoms with E-state index < -0.39 is 0 Å². The van der Waals surface area contributed by atoms with Crippen molar-refractivity contribution in [2.24, 2.45) is 11.8 Å². The normalized spacial score (nSPS) is 27.0. The van der Waals surface area contributed by atoms with Crippen LogP contribution < -0.4 is 0 Å². The van der Waals surface area contributed by atoms with Gasteiger partial charge in [0.2, 0.25) is 0 Å². The Morgan fingerprint density at radius 1 is 1.53 bits per heavy atom. The van der Waals surface area contributed by atoms with Crippen LogP contribution in [0.5, 0.6) is 0 Å². The molecule has 0 amide bonds. The van der Waals surface area contributed by atoms with Crippen LogP contribution in [0.2, 0.25) is 0 Å². The summed E-state index contributed by atoms with van der Waals surface area (Å²) in [6, 6.07) is 0. The summed E-state index contributed by atoms with van der Waals surface area (Å²) < 4.78 is 4.90. The average molecular weight is 236 g/mol. The van der Waals surface area contributed by atoms with E-state index in [-0.39, 0.29) is 23.6 Å². The van der Waals surface area contributed by atoms with Crippen molar-refractivity contribution in [2.45, 2.75) is 33.6 Å². The van der Waals surface area contributed by atoms with Gasteiger partial charge in [-0.25, -0.2) is 4.79 Å². The zero-order valence-electron chi connectivity index (χ0n) is 10.8. The van der Waals surface area contributed by atoms with E-state index in [1.807, 2.05) is 6.92 Å². The quantitative estimate of drug-likeness (QED) is 0.559. The van der Waals surface area contributed by atoms with Crippen LogP contribution in [0.1, 0.15) is 33.6 Å². The van der Waals surface area contributed by atoms with Gasteiger partial charge >= 0.3 is 5.97 Å². The number of ketones is 1. The molecule has 3 nitrogen and oxygen atoms in total. The molecule has 0 aromatic carbocycles. The number of carbonyl (C=O) groups is 2. The molecule has 94 valence electrons. The summed E-state index contributed by atoms with van der Waals surface area (Å²) in [6.07, 6.45) is 3.10. The lowest BCUT2D eigenvalue weighted by Crippen LogP contribution is -2.26. The second-order valence-electron chi connectivity index (χ2n) is 4.50. The minimum absolute atomic E-state index is 0.00109. The van der Waals surface area contributed by atoms with Crippen molar-refractivity contribution in [3.8, 4) is 0 Å². The fourth-order valence-corrected chi connectivity index (χ4v) is 2.36. The topological polar surface area (TPSA) is 43.4 Å². The van der Waals surface area contributed by atoms with Crippen LogP contribution in [0.3, 0.4) is 0 Å². The molecular formula is C14H20O3. The first-order valence-electron chi connectivity index (χ1n) is 6.04. The largest absolute Gasteiger partial charge is 0.463 e. The van der Waals surface area contributed by atoms with Gasteiger partial charge in [0.15, 0.2) is 0 Å². The number of hydrogen-bond donors (Lipinski definition) is 0. The third kappa shape index (κ3) is 3.29. The molecule has 0 aromatic rings. The minimum atomic E-state index is -0.347. The Hall–Kier alpha value is -1.38. The lowest BCUT2D eigenvalue weighted by atomic mass is 9.73. The first-order chi connectivity index (χ1) is 7.97. The van der Waals surface area contributed by atoms with E-state index in [1.165, 1.54) is 6.08 Å². The molecule has 0 bridgehead atoms. The first-order valence-corrected chi connectivity index (χ1v) is 6.04. The highest BCUT2D eigenvalue weighted by atomic mass is 16.5. The van der Waals surface area contributed by atoms with Gasteiger partial charge in [-0.2, -0.15) is 0 Å². The maximum atomic E-state index is 11.5. The summed E-state index contributed by atoms with van der Waals surface area (Å²) in [5.74, 6) is -0.112. The molecule has 17 heavy (non-hydrogen) atoms. The standard InChI is InChI=1S/C14H20O3/c1-5-17-14(16)8-13-9(2)6-7-12(10(13)3)11(4)15/h8,10,12H,2,5-7H2,1,3-4H3/b13-8-/t10-,12+/m0/s1. The van der Waals surface area contributed by atoms with Crippen LogP contribution in [0.4, 0.5) is 0 Å². The number of hydrogen-bond acceptors (Lipinski definition) is 3. The maximum absolute atomic E-state index is 11.5. The predicted octanol–water partition coefficient (Wildman–Crippen LogP) is 2.67. The van der Waals surface area contributed by atoms with E-state index in [4.69, 9.17) is 4.74 Å². The maximum Gasteiger partial charge on any atom is 0.331 e. The molecule has 1 aliphatic rings. The summed E-state index contributed by atoms with van der Waals surface area (Å²) in [4.78, 5) is 23.0. The molecule has 0 radical (unpaired) electrons. The number of allylic oxidation sites excluding steroid dienone is 2. The molecule has 1 rings (SSSR count). The highest BCUT2D eigenvalue weighted by Crippen LogP contribution is 2.37. The molecule has 0 unspecified atom stereocenters. The Balaban J connectivity index is 2.90. The SMILES string of the molecule is C=C1CC[C@@H](C(C)=O)[C@H](C)/C1=C\C(=O)OCC. The molecule has 0 aromatic heterocycles. The molecule has 1 saturated carbocycles. The van der Waals surface area contributed by atoms with Crippen molar-refractivity contribution in [1.82, 2.24) is 0 Å². The van der Waals surface area contributed by atoms with Gasteiger partial charge in [-0.15, -0.1) is 0 Å². The Morgan fingerprint density at radius 2 is 2.18 bits per heavy atom. The van der Waals surface area contributed by atoms with Crippen LogP contribution in [-0.2, 0) is 14.3 Å². The lowest BCUT2D eigenvalue weighted by Gasteiger charge is -2.31. The number of esters is 1. The molecule has 3 heteroatoms. The van der Waals surface area contributed by atoms with Gasteiger partial charge in [0, 0.05) is 12.0 Å². The van der Waals surface area contributed by atoms with Crippen LogP contribution >= 0.6 is 0 Å². The molecule has 0 heterocycles. The van der Waals surface area contributed by atoms with Crippen molar-refractivity contribution in [2.75, 3.05) is 6.61 Å². The van der Waals surface area contributed by atoms with Gasteiger partial charge in [-0.3, -0.25) is 4.79 Å². The Labute approximate surface area is 103 Å². The lowest BCUT2D eigenvalue weighted by molar-refractivity contribution is -0.137. The Bertz CT molecular complexity index is 366. The summed E-state index contributed by atoms with van der Waals surface area (Å²) in [5, 5.41) is 0. The molecule has 0 aliphatic heterocycles. The van der Waals surface area contributed by atoms with E-state index in [0.717, 1.165) is 24.0 Å². The van der Waals surface area contributed by atoms with Crippen LogP contribution in [0.25, 0.3) is 0 Å². The van der Waals surface area contributed by atoms with Gasteiger partial charge in [-0.05, 0) is 38.2 Å². The smallest absolute Gasteiger partial charge is 0.331 e. The van der Waals surface area contributed by atoms with Gasteiger partial charge in [-0.1, -0.05) is 19.1 Å². The third-order valence-corrected chi connectivity index (χ3v) is 3.34. The highest BCUT2D eigenvalue weighted by Gasteiger charge is 2.30. The summed E-state index contributed by atoms with van der Waals surface area (Å²) >= 11 is 0. The van der Waals surface area contributed by atoms with Gasteiger partial charge in [0.25, 0.3) is 0 Å².